The molecule has 0 aliphatic carbocycles. The van der Waals surface area contributed by atoms with Crippen LogP contribution in [0.2, 0.25) is 0 Å². The monoisotopic (exact) mass is 488 g/mol. The Morgan fingerprint density at radius 2 is 1.67 bits per heavy atom. The molecule has 0 radical (unpaired) electrons. The fourth-order valence-corrected chi connectivity index (χ4v) is 5.15. The smallest absolute Gasteiger partial charge is 0.270 e. The number of fused-ring (bicyclic) bond motifs is 1. The zero-order chi connectivity index (χ0) is 25.3. The molecule has 0 saturated carbocycles. The van der Waals surface area contributed by atoms with Crippen molar-refractivity contribution in [2.75, 3.05) is 51.3 Å². The molecule has 3 aromatic rings. The highest BCUT2D eigenvalue weighted by molar-refractivity contribution is 6.01. The Morgan fingerprint density at radius 3 is 2.36 bits per heavy atom. The van der Waals surface area contributed by atoms with E-state index in [2.05, 4.69) is 9.80 Å². The van der Waals surface area contributed by atoms with Crippen molar-refractivity contribution < 1.29 is 19.6 Å². The van der Waals surface area contributed by atoms with Gasteiger partial charge in [0.2, 0.25) is 0 Å². The number of non-ortho nitro benzene ring substituents is 1. The Morgan fingerprint density at radius 1 is 0.972 bits per heavy atom. The summed E-state index contributed by atoms with van der Waals surface area (Å²) in [6.45, 7) is 4.05. The molecule has 1 amide bonds. The number of methoxy groups -OCH3 is 1. The number of nitro benzene ring substituents is 1. The highest BCUT2D eigenvalue weighted by atomic mass is 16.6. The lowest BCUT2D eigenvalue weighted by Gasteiger charge is -2.39. The average Bonchev–Trinajstić information content (AvgIpc) is 3.14. The lowest BCUT2D eigenvalue weighted by molar-refractivity contribution is -0.384. The Hall–Kier alpha value is -3.95. The Bertz CT molecular complexity index is 1280. The lowest BCUT2D eigenvalue weighted by atomic mass is 9.93. The lowest BCUT2D eigenvalue weighted by Crippen LogP contribution is -2.51. The van der Waals surface area contributed by atoms with Gasteiger partial charge in [0.25, 0.3) is 11.6 Å². The highest BCUT2D eigenvalue weighted by Crippen LogP contribution is 2.43. The number of nitrogens with zero attached hydrogens (tertiary/aromatic N) is 4. The van der Waals surface area contributed by atoms with Crippen molar-refractivity contribution >= 4 is 17.3 Å². The van der Waals surface area contributed by atoms with Gasteiger partial charge in [-0.25, -0.2) is 0 Å². The molecule has 186 valence electrons. The summed E-state index contributed by atoms with van der Waals surface area (Å²) in [5.41, 5.74) is 0.271. The van der Waals surface area contributed by atoms with E-state index in [0.29, 0.717) is 17.7 Å². The summed E-state index contributed by atoms with van der Waals surface area (Å²) in [6.07, 6.45) is 0. The number of carbonyl (C=O) groups excluding carboxylic acids is 1. The quantitative estimate of drug-likeness (QED) is 0.403. The van der Waals surface area contributed by atoms with E-state index in [1.165, 1.54) is 23.1 Å². The fourth-order valence-electron chi connectivity index (χ4n) is 5.15. The number of anilines is 1. The van der Waals surface area contributed by atoms with E-state index in [-0.39, 0.29) is 17.8 Å². The maximum atomic E-state index is 13.4. The molecule has 0 bridgehead atoms. The summed E-state index contributed by atoms with van der Waals surface area (Å²) in [7, 11) is 1.67. The second-order valence-electron chi connectivity index (χ2n) is 8.98. The predicted molar refractivity (Wildman–Crippen MR) is 135 cm³/mol. The largest absolute Gasteiger partial charge is 0.495 e. The number of nitro groups is 1. The van der Waals surface area contributed by atoms with Crippen LogP contribution in [0.3, 0.4) is 0 Å². The van der Waals surface area contributed by atoms with Crippen LogP contribution < -0.4 is 9.64 Å². The van der Waals surface area contributed by atoms with Gasteiger partial charge in [-0.3, -0.25) is 19.8 Å². The third-order valence-corrected chi connectivity index (χ3v) is 7.07. The van der Waals surface area contributed by atoms with Crippen LogP contribution in [0.15, 0.2) is 72.8 Å². The maximum absolute atomic E-state index is 13.4. The van der Waals surface area contributed by atoms with E-state index in [1.807, 2.05) is 30.3 Å². The third-order valence-electron chi connectivity index (χ3n) is 7.07. The van der Waals surface area contributed by atoms with Crippen LogP contribution in [0.25, 0.3) is 0 Å². The fraction of sp³-hybridized carbons (Fsp3) is 0.296. The number of benzene rings is 3. The molecule has 2 heterocycles. The molecule has 1 N–H and O–H groups in total. The van der Waals surface area contributed by atoms with Gasteiger partial charge >= 0.3 is 0 Å². The van der Waals surface area contributed by atoms with Gasteiger partial charge in [0.05, 0.1) is 23.3 Å². The summed E-state index contributed by atoms with van der Waals surface area (Å²) >= 11 is 0. The van der Waals surface area contributed by atoms with Crippen LogP contribution in [0.5, 0.6) is 5.75 Å². The summed E-state index contributed by atoms with van der Waals surface area (Å²) in [6, 6.07) is 21.0. The zero-order valence-electron chi connectivity index (χ0n) is 20.0. The highest BCUT2D eigenvalue weighted by Gasteiger charge is 2.50. The molecule has 1 fully saturated rings. The molecule has 1 atom stereocenters. The standard InChI is InChI=1S/C27H28N4O5/c1-36-25-10-6-5-9-24(25)29-16-13-28(14-17-29)15-18-30-26(32)22-19-21(31(34)35)11-12-23(22)27(30,33)20-7-3-2-4-8-20/h2-12,19,33H,13-18H2,1H3. The predicted octanol–water partition coefficient (Wildman–Crippen LogP) is 3.07. The molecule has 1 saturated heterocycles. The second kappa shape index (κ2) is 9.60. The van der Waals surface area contributed by atoms with Gasteiger partial charge in [0.1, 0.15) is 5.75 Å². The normalized spacial score (nSPS) is 19.9. The molecule has 0 aromatic heterocycles. The number of rotatable bonds is 7. The van der Waals surface area contributed by atoms with Crippen molar-refractivity contribution in [1.29, 1.82) is 0 Å². The van der Waals surface area contributed by atoms with E-state index in [0.717, 1.165) is 37.6 Å². The number of hydrogen-bond acceptors (Lipinski definition) is 7. The molecule has 1 unspecified atom stereocenters. The van der Waals surface area contributed by atoms with E-state index in [9.17, 15) is 20.0 Å². The molecule has 3 aromatic carbocycles. The number of piperazine rings is 1. The molecule has 9 nitrogen and oxygen atoms in total. The second-order valence-corrected chi connectivity index (χ2v) is 8.98. The summed E-state index contributed by atoms with van der Waals surface area (Å²) in [5, 5.41) is 23.3. The van der Waals surface area contributed by atoms with Crippen molar-refractivity contribution in [3.63, 3.8) is 0 Å². The van der Waals surface area contributed by atoms with Crippen molar-refractivity contribution in [2.45, 2.75) is 5.72 Å². The van der Waals surface area contributed by atoms with Crippen LogP contribution in [0.1, 0.15) is 21.5 Å². The number of ether oxygens (including phenoxy) is 1. The van der Waals surface area contributed by atoms with Crippen LogP contribution in [0.4, 0.5) is 11.4 Å². The number of carbonyl (C=O) groups is 1. The van der Waals surface area contributed by atoms with Crippen molar-refractivity contribution in [3.05, 3.63) is 99.6 Å². The van der Waals surface area contributed by atoms with E-state index >= 15 is 0 Å². The number of hydrogen-bond donors (Lipinski definition) is 1. The Kier molecular flexibility index (Phi) is 6.34. The van der Waals surface area contributed by atoms with Crippen molar-refractivity contribution in [1.82, 2.24) is 9.80 Å². The van der Waals surface area contributed by atoms with E-state index < -0.39 is 16.6 Å². The molecular formula is C27H28N4O5. The van der Waals surface area contributed by atoms with Gasteiger partial charge in [-0.05, 0) is 18.2 Å². The minimum Gasteiger partial charge on any atom is -0.495 e. The first-order chi connectivity index (χ1) is 17.4. The average molecular weight is 489 g/mol. The van der Waals surface area contributed by atoms with Crippen LogP contribution in [0, 0.1) is 10.1 Å². The van der Waals surface area contributed by atoms with Gasteiger partial charge in [-0.15, -0.1) is 0 Å². The SMILES string of the molecule is COc1ccccc1N1CCN(CCN2C(=O)c3cc([N+](=O)[O-])ccc3C2(O)c2ccccc2)CC1. The van der Waals surface area contributed by atoms with Gasteiger partial charge in [-0.1, -0.05) is 42.5 Å². The molecular weight excluding hydrogens is 460 g/mol. The molecule has 9 heteroatoms. The van der Waals surface area contributed by atoms with Crippen LogP contribution in [-0.2, 0) is 5.72 Å². The summed E-state index contributed by atoms with van der Waals surface area (Å²) in [4.78, 5) is 30.2. The van der Waals surface area contributed by atoms with E-state index in [1.54, 1.807) is 31.4 Å². The van der Waals surface area contributed by atoms with Gasteiger partial charge in [0, 0.05) is 62.5 Å². The van der Waals surface area contributed by atoms with Gasteiger partial charge in [0.15, 0.2) is 5.72 Å². The van der Waals surface area contributed by atoms with Crippen molar-refractivity contribution in [3.8, 4) is 5.75 Å². The topological polar surface area (TPSA) is 99.4 Å². The third kappa shape index (κ3) is 4.06. The first kappa shape index (κ1) is 23.8. The van der Waals surface area contributed by atoms with Gasteiger partial charge < -0.3 is 19.6 Å². The molecule has 36 heavy (non-hydrogen) atoms. The van der Waals surface area contributed by atoms with Gasteiger partial charge in [-0.2, -0.15) is 0 Å². The molecule has 5 rings (SSSR count). The van der Waals surface area contributed by atoms with E-state index in [4.69, 9.17) is 4.74 Å². The molecule has 0 spiro atoms. The zero-order valence-corrected chi connectivity index (χ0v) is 20.0. The first-order valence-electron chi connectivity index (χ1n) is 11.9. The number of amides is 1. The minimum absolute atomic E-state index is 0.163. The molecule has 2 aliphatic heterocycles. The summed E-state index contributed by atoms with van der Waals surface area (Å²) < 4.78 is 5.50. The van der Waals surface area contributed by atoms with Crippen molar-refractivity contribution in [2.24, 2.45) is 0 Å². The number of para-hydroxylation sites is 2. The van der Waals surface area contributed by atoms with Crippen LogP contribution >= 0.6 is 0 Å². The Balaban J connectivity index is 1.34. The maximum Gasteiger partial charge on any atom is 0.270 e. The minimum atomic E-state index is -1.69. The Labute approximate surface area is 209 Å². The first-order valence-corrected chi connectivity index (χ1v) is 11.9. The molecule has 2 aliphatic rings. The number of aliphatic hydroxyl groups is 1. The summed E-state index contributed by atoms with van der Waals surface area (Å²) in [5.74, 6) is 0.432. The van der Waals surface area contributed by atoms with Crippen LogP contribution in [-0.4, -0.2) is 72.1 Å².